The number of furan rings is 1. The third-order valence-electron chi connectivity index (χ3n) is 5.88. The fourth-order valence-electron chi connectivity index (χ4n) is 4.34. The number of hydrogen-bond acceptors (Lipinski definition) is 5. The lowest BCUT2D eigenvalue weighted by Crippen LogP contribution is -2.45. The number of hydrogen-bond donors (Lipinski definition) is 1. The number of carbonyl (C=O) groups is 2. The van der Waals surface area contributed by atoms with E-state index in [2.05, 4.69) is 11.0 Å². The average Bonchev–Trinajstić information content (AvgIpc) is 3.37. The Kier molecular flexibility index (Phi) is 7.07. The molecule has 1 aromatic rings. The van der Waals surface area contributed by atoms with Crippen LogP contribution in [0.5, 0.6) is 0 Å². The van der Waals surface area contributed by atoms with E-state index < -0.39 is 12.1 Å². The number of amides is 1. The van der Waals surface area contributed by atoms with Crippen LogP contribution in [0.2, 0.25) is 0 Å². The van der Waals surface area contributed by atoms with Crippen molar-refractivity contribution in [2.24, 2.45) is 11.8 Å². The van der Waals surface area contributed by atoms with Gasteiger partial charge in [0.1, 0.15) is 11.5 Å². The number of aliphatic carboxylic acids is 1. The maximum Gasteiger partial charge on any atom is 0.490 e. The number of fused-ring (bicyclic) bond motifs is 1. The van der Waals surface area contributed by atoms with E-state index in [0.717, 1.165) is 57.3 Å². The van der Waals surface area contributed by atoms with Crippen LogP contribution < -0.4 is 0 Å². The normalized spacial score (nSPS) is 27.0. The van der Waals surface area contributed by atoms with Gasteiger partial charge in [0.2, 0.25) is 5.91 Å². The van der Waals surface area contributed by atoms with Gasteiger partial charge in [0, 0.05) is 32.0 Å². The minimum atomic E-state index is -5.08. The second-order valence-electron chi connectivity index (χ2n) is 8.08. The first-order chi connectivity index (χ1) is 14.1. The van der Waals surface area contributed by atoms with E-state index in [4.69, 9.17) is 19.1 Å². The largest absolute Gasteiger partial charge is 0.490 e. The van der Waals surface area contributed by atoms with Gasteiger partial charge in [0.25, 0.3) is 0 Å². The Bertz CT molecular complexity index is 751. The van der Waals surface area contributed by atoms with Gasteiger partial charge in [-0.2, -0.15) is 13.2 Å². The molecule has 3 aliphatic heterocycles. The number of rotatable bonds is 4. The molecule has 1 N–H and O–H groups in total. The Labute approximate surface area is 172 Å². The van der Waals surface area contributed by atoms with E-state index in [1.54, 1.807) is 0 Å². The van der Waals surface area contributed by atoms with E-state index in [1.807, 2.05) is 17.9 Å². The van der Waals surface area contributed by atoms with Gasteiger partial charge in [-0.15, -0.1) is 0 Å². The zero-order chi connectivity index (χ0) is 21.9. The molecule has 30 heavy (non-hydrogen) atoms. The summed E-state index contributed by atoms with van der Waals surface area (Å²) in [5, 5.41) is 7.12. The number of carbonyl (C=O) groups excluding carboxylic acids is 1. The number of likely N-dealkylation sites (tertiary alicyclic amines) is 2. The van der Waals surface area contributed by atoms with Gasteiger partial charge in [-0.05, 0) is 44.4 Å². The lowest BCUT2D eigenvalue weighted by molar-refractivity contribution is -0.192. The van der Waals surface area contributed by atoms with Crippen LogP contribution in [0.4, 0.5) is 13.2 Å². The van der Waals surface area contributed by atoms with Gasteiger partial charge in [0.05, 0.1) is 19.3 Å². The maximum atomic E-state index is 11.9. The zero-order valence-electron chi connectivity index (χ0n) is 16.9. The molecule has 0 radical (unpaired) electrons. The second-order valence-corrected chi connectivity index (χ2v) is 8.08. The molecule has 0 spiro atoms. The highest BCUT2D eigenvalue weighted by molar-refractivity contribution is 5.78. The van der Waals surface area contributed by atoms with Crippen LogP contribution in [-0.2, 0) is 20.9 Å². The summed E-state index contributed by atoms with van der Waals surface area (Å²) in [5.41, 5.74) is 0. The van der Waals surface area contributed by atoms with Crippen LogP contribution in [0.1, 0.15) is 30.8 Å². The lowest BCUT2D eigenvalue weighted by Gasteiger charge is -2.36. The fourth-order valence-corrected chi connectivity index (χ4v) is 4.34. The van der Waals surface area contributed by atoms with Crippen molar-refractivity contribution in [2.45, 2.75) is 45.0 Å². The summed E-state index contributed by atoms with van der Waals surface area (Å²) < 4.78 is 43.5. The summed E-state index contributed by atoms with van der Waals surface area (Å²) >= 11 is 0. The summed E-state index contributed by atoms with van der Waals surface area (Å²) in [4.78, 5) is 25.3. The molecule has 0 aliphatic carbocycles. The van der Waals surface area contributed by atoms with E-state index in [-0.39, 0.29) is 6.10 Å². The van der Waals surface area contributed by atoms with Gasteiger partial charge in [0.15, 0.2) is 0 Å². The van der Waals surface area contributed by atoms with Crippen LogP contribution in [0.15, 0.2) is 16.5 Å². The van der Waals surface area contributed by atoms with Gasteiger partial charge in [-0.3, -0.25) is 9.69 Å². The van der Waals surface area contributed by atoms with Crippen molar-refractivity contribution >= 4 is 11.9 Å². The highest BCUT2D eigenvalue weighted by atomic mass is 19.4. The second kappa shape index (κ2) is 9.38. The summed E-state index contributed by atoms with van der Waals surface area (Å²) in [5.74, 6) is 0.777. The lowest BCUT2D eigenvalue weighted by atomic mass is 9.84. The molecule has 168 valence electrons. The van der Waals surface area contributed by atoms with Crippen LogP contribution >= 0.6 is 0 Å². The third kappa shape index (κ3) is 5.75. The van der Waals surface area contributed by atoms with Gasteiger partial charge in [-0.25, -0.2) is 4.79 Å². The number of nitrogens with zero attached hydrogens (tertiary/aromatic N) is 2. The Morgan fingerprint density at radius 2 is 2.03 bits per heavy atom. The molecule has 3 aliphatic rings. The molecule has 4 rings (SSSR count). The molecule has 0 saturated carbocycles. The average molecular weight is 432 g/mol. The first kappa shape index (κ1) is 22.6. The molecule has 0 bridgehead atoms. The topological polar surface area (TPSA) is 83.2 Å². The van der Waals surface area contributed by atoms with Crippen molar-refractivity contribution in [3.63, 3.8) is 0 Å². The van der Waals surface area contributed by atoms with Gasteiger partial charge < -0.3 is 19.2 Å². The predicted octanol–water partition coefficient (Wildman–Crippen LogP) is 2.68. The zero-order valence-corrected chi connectivity index (χ0v) is 16.9. The fraction of sp³-hybridized carbons (Fsp3) is 0.700. The van der Waals surface area contributed by atoms with Gasteiger partial charge in [-0.1, -0.05) is 0 Å². The molecule has 1 aromatic heterocycles. The quantitative estimate of drug-likeness (QED) is 0.788. The first-order valence-corrected chi connectivity index (χ1v) is 10.1. The van der Waals surface area contributed by atoms with Crippen molar-refractivity contribution in [3.05, 3.63) is 23.7 Å². The number of ether oxygens (including phenoxy) is 1. The Morgan fingerprint density at radius 3 is 2.60 bits per heavy atom. The monoisotopic (exact) mass is 432 g/mol. The number of carboxylic acids is 1. The van der Waals surface area contributed by atoms with E-state index >= 15 is 0 Å². The van der Waals surface area contributed by atoms with Crippen LogP contribution in [-0.4, -0.2) is 71.8 Å². The number of aryl methyl sites for hydroxylation is 1. The molecule has 3 fully saturated rings. The van der Waals surface area contributed by atoms with Crippen molar-refractivity contribution < 1.29 is 37.0 Å². The van der Waals surface area contributed by atoms with Crippen molar-refractivity contribution in [3.8, 4) is 0 Å². The van der Waals surface area contributed by atoms with E-state index in [9.17, 15) is 18.0 Å². The summed E-state index contributed by atoms with van der Waals surface area (Å²) in [6.07, 6.45) is -1.97. The minimum absolute atomic E-state index is 0.211. The number of piperidine rings is 1. The summed E-state index contributed by atoms with van der Waals surface area (Å²) in [6.45, 7) is 7.59. The molecule has 10 heteroatoms. The molecular weight excluding hydrogens is 405 g/mol. The molecule has 1 amide bonds. The predicted molar refractivity (Wildman–Crippen MR) is 99.6 cm³/mol. The molecule has 0 aromatic carbocycles. The minimum Gasteiger partial charge on any atom is -0.475 e. The van der Waals surface area contributed by atoms with Crippen LogP contribution in [0.3, 0.4) is 0 Å². The summed E-state index contributed by atoms with van der Waals surface area (Å²) in [7, 11) is 0. The Morgan fingerprint density at radius 1 is 1.30 bits per heavy atom. The summed E-state index contributed by atoms with van der Waals surface area (Å²) in [6, 6.07) is 4.11. The molecule has 3 atom stereocenters. The number of alkyl halides is 3. The molecule has 7 nitrogen and oxygen atoms in total. The first-order valence-electron chi connectivity index (χ1n) is 10.1. The number of carboxylic acid groups (broad SMARTS) is 1. The Hall–Kier alpha value is -2.07. The maximum absolute atomic E-state index is 11.9. The molecular formula is C20H27F3N2O5. The van der Waals surface area contributed by atoms with Crippen molar-refractivity contribution in [2.75, 3.05) is 32.8 Å². The van der Waals surface area contributed by atoms with E-state index in [0.29, 0.717) is 24.2 Å². The highest BCUT2D eigenvalue weighted by Crippen LogP contribution is 2.35. The molecule has 3 saturated heterocycles. The Balaban J connectivity index is 0.000000318. The highest BCUT2D eigenvalue weighted by Gasteiger charge is 2.42. The molecule has 4 heterocycles. The van der Waals surface area contributed by atoms with E-state index in [1.165, 1.54) is 6.42 Å². The van der Waals surface area contributed by atoms with Crippen LogP contribution in [0.25, 0.3) is 0 Å². The SMILES string of the molecule is Cc1ccc(CN2CC[C@H]3CO[C@H](CN4CCCC4=O)[C@H]3C2)o1.O=C(O)C(F)(F)F. The van der Waals surface area contributed by atoms with Crippen molar-refractivity contribution in [1.29, 1.82) is 0 Å². The van der Waals surface area contributed by atoms with Crippen LogP contribution in [0, 0.1) is 18.8 Å². The smallest absolute Gasteiger partial charge is 0.475 e. The number of halogens is 3. The van der Waals surface area contributed by atoms with Crippen molar-refractivity contribution in [1.82, 2.24) is 9.80 Å². The third-order valence-corrected chi connectivity index (χ3v) is 5.88. The van der Waals surface area contributed by atoms with Gasteiger partial charge >= 0.3 is 12.1 Å². The molecule has 0 unspecified atom stereocenters. The standard InChI is InChI=1S/C18H26N2O3.C2HF3O2/c1-13-4-5-15(23-13)9-19-8-6-14-12-22-17(16(14)10-19)11-20-7-2-3-18(20)21;3-2(4,5)1(6)7/h4-5,14,16-17H,2-3,6-12H2,1H3;(H,6,7)/t14-,16-,17+;/m0./s1.